The second-order valence-corrected chi connectivity index (χ2v) is 10.7. The molecule has 4 rings (SSSR count). The molecular formula is C25H27N3O2SSi. The molecule has 4 aromatic rings. The quantitative estimate of drug-likeness (QED) is 0.409. The van der Waals surface area contributed by atoms with E-state index >= 15 is 0 Å². The van der Waals surface area contributed by atoms with E-state index in [1.807, 2.05) is 59.5 Å². The Hall–Kier alpha value is -3.00. The Balaban J connectivity index is 1.58. The summed E-state index contributed by atoms with van der Waals surface area (Å²) in [4.78, 5) is 29.6. The van der Waals surface area contributed by atoms with E-state index in [1.165, 1.54) is 11.3 Å². The van der Waals surface area contributed by atoms with Gasteiger partial charge < -0.3 is 14.4 Å². The van der Waals surface area contributed by atoms with Crippen LogP contribution in [0.1, 0.15) is 22.3 Å². The normalized spacial score (nSPS) is 11.3. The summed E-state index contributed by atoms with van der Waals surface area (Å²) >= 11 is 1.22. The molecule has 0 saturated heterocycles. The van der Waals surface area contributed by atoms with Crippen molar-refractivity contribution in [3.8, 4) is 11.1 Å². The van der Waals surface area contributed by atoms with Crippen LogP contribution >= 0.6 is 11.3 Å². The van der Waals surface area contributed by atoms with Crippen LogP contribution in [0.3, 0.4) is 0 Å². The Bertz CT molecular complexity index is 1270. The van der Waals surface area contributed by atoms with Gasteiger partial charge in [0.1, 0.15) is 0 Å². The zero-order valence-electron chi connectivity index (χ0n) is 18.4. The van der Waals surface area contributed by atoms with E-state index in [0.717, 1.165) is 55.8 Å². The van der Waals surface area contributed by atoms with Gasteiger partial charge in [-0.3, -0.25) is 9.59 Å². The summed E-state index contributed by atoms with van der Waals surface area (Å²) in [5.41, 5.74) is 4.82. The smallest absolute Gasteiger partial charge is 0.305 e. The van der Waals surface area contributed by atoms with Gasteiger partial charge in [0, 0.05) is 18.7 Å². The van der Waals surface area contributed by atoms with E-state index in [0.29, 0.717) is 13.1 Å². The topological polar surface area (TPSA) is 56.4 Å². The lowest BCUT2D eigenvalue weighted by Crippen LogP contribution is -2.33. The predicted molar refractivity (Wildman–Crippen MR) is 136 cm³/mol. The number of carbonyl (C=O) groups excluding carboxylic acids is 1. The molecule has 1 heterocycles. The highest BCUT2D eigenvalue weighted by atomic mass is 32.1. The molecule has 1 aromatic heterocycles. The molecule has 164 valence electrons. The standard InChI is InChI=1S/C25H27N3O2SSi/c1-27(32)13-6-14-28(24(29)19-8-3-2-4-9-19)17-18-7-5-10-20(15-18)21-11-12-22-23(16-21)31-25(30)26-22/h2-5,7-12,15-16H,6,13-14,17H2,1,32H3,(H,26,30). The molecular weight excluding hydrogens is 434 g/mol. The minimum Gasteiger partial charge on any atom is -0.335 e. The van der Waals surface area contributed by atoms with Crippen LogP contribution in [-0.2, 0) is 6.54 Å². The first-order valence-corrected chi connectivity index (χ1v) is 12.4. The molecule has 0 saturated carbocycles. The maximum absolute atomic E-state index is 13.2. The minimum atomic E-state index is -0.0404. The number of amides is 1. The van der Waals surface area contributed by atoms with Crippen molar-refractivity contribution in [2.45, 2.75) is 13.0 Å². The number of hydrogen-bond donors (Lipinski definition) is 1. The number of thiazole rings is 1. The molecule has 5 nitrogen and oxygen atoms in total. The number of nitrogens with zero attached hydrogens (tertiary/aromatic N) is 2. The number of aromatic nitrogens is 1. The number of fused-ring (bicyclic) bond motifs is 1. The summed E-state index contributed by atoms with van der Waals surface area (Å²) in [6, 6.07) is 23.8. The summed E-state index contributed by atoms with van der Waals surface area (Å²) in [5.74, 6) is 0.0607. The maximum atomic E-state index is 13.2. The van der Waals surface area contributed by atoms with Gasteiger partial charge in [-0.05, 0) is 67.0 Å². The number of rotatable bonds is 8. The van der Waals surface area contributed by atoms with Crippen LogP contribution < -0.4 is 4.87 Å². The molecule has 0 atom stereocenters. The van der Waals surface area contributed by atoms with Crippen molar-refractivity contribution < 1.29 is 4.79 Å². The van der Waals surface area contributed by atoms with Crippen molar-refractivity contribution in [3.63, 3.8) is 0 Å². The zero-order valence-corrected chi connectivity index (χ0v) is 21.2. The van der Waals surface area contributed by atoms with Crippen LogP contribution in [-0.4, -0.2) is 50.9 Å². The highest BCUT2D eigenvalue weighted by molar-refractivity contribution is 7.16. The van der Waals surface area contributed by atoms with Gasteiger partial charge in [-0.25, -0.2) is 0 Å². The summed E-state index contributed by atoms with van der Waals surface area (Å²) < 4.78 is 3.23. The van der Waals surface area contributed by atoms with Crippen LogP contribution in [0.25, 0.3) is 21.3 Å². The van der Waals surface area contributed by atoms with Gasteiger partial charge in [-0.15, -0.1) is 0 Å². The van der Waals surface area contributed by atoms with Crippen molar-refractivity contribution in [3.05, 3.63) is 93.6 Å². The molecule has 7 heteroatoms. The fraction of sp³-hybridized carbons (Fsp3) is 0.200. The van der Waals surface area contributed by atoms with E-state index in [4.69, 9.17) is 0 Å². The van der Waals surface area contributed by atoms with E-state index < -0.39 is 0 Å². The molecule has 0 bridgehead atoms. The van der Waals surface area contributed by atoms with Crippen LogP contribution in [0.15, 0.2) is 77.6 Å². The summed E-state index contributed by atoms with van der Waals surface area (Å²) in [6.07, 6.45) is 0.946. The number of H-pyrrole nitrogens is 1. The first-order valence-electron chi connectivity index (χ1n) is 10.7. The lowest BCUT2D eigenvalue weighted by atomic mass is 10.0. The molecule has 0 aliphatic rings. The Morgan fingerprint density at radius 2 is 1.75 bits per heavy atom. The fourth-order valence-corrected chi connectivity index (χ4v) is 4.88. The number of aromatic amines is 1. The van der Waals surface area contributed by atoms with E-state index in [-0.39, 0.29) is 10.8 Å². The molecule has 0 aliphatic carbocycles. The second-order valence-electron chi connectivity index (χ2n) is 8.18. The van der Waals surface area contributed by atoms with Gasteiger partial charge in [0.05, 0.1) is 20.6 Å². The number of carbonyl (C=O) groups is 1. The highest BCUT2D eigenvalue weighted by Gasteiger charge is 2.16. The van der Waals surface area contributed by atoms with Gasteiger partial charge in [-0.2, -0.15) is 0 Å². The maximum Gasteiger partial charge on any atom is 0.305 e. The van der Waals surface area contributed by atoms with Gasteiger partial charge in [0.2, 0.25) is 0 Å². The molecule has 0 unspecified atom stereocenters. The Kier molecular flexibility index (Phi) is 6.99. The third-order valence-corrected chi connectivity index (χ3v) is 6.69. The molecule has 0 radical (unpaired) electrons. The minimum absolute atomic E-state index is 0.0404. The van der Waals surface area contributed by atoms with Crippen molar-refractivity contribution in [1.29, 1.82) is 0 Å². The van der Waals surface area contributed by atoms with Crippen LogP contribution in [0.4, 0.5) is 0 Å². The zero-order chi connectivity index (χ0) is 22.5. The molecule has 0 spiro atoms. The van der Waals surface area contributed by atoms with Gasteiger partial charge in [0.25, 0.3) is 5.91 Å². The van der Waals surface area contributed by atoms with Gasteiger partial charge >= 0.3 is 4.87 Å². The number of benzene rings is 3. The van der Waals surface area contributed by atoms with Gasteiger partial charge in [0.15, 0.2) is 0 Å². The largest absolute Gasteiger partial charge is 0.335 e. The van der Waals surface area contributed by atoms with Crippen LogP contribution in [0.2, 0.25) is 0 Å². The number of nitrogens with one attached hydrogen (secondary N) is 1. The molecule has 0 aliphatic heterocycles. The summed E-state index contributed by atoms with van der Waals surface area (Å²) in [6.45, 7) is 2.27. The van der Waals surface area contributed by atoms with Crippen molar-refractivity contribution >= 4 is 37.9 Å². The first-order chi connectivity index (χ1) is 15.5. The summed E-state index contributed by atoms with van der Waals surface area (Å²) in [7, 11) is 3.13. The van der Waals surface area contributed by atoms with Crippen molar-refractivity contribution in [2.75, 3.05) is 20.1 Å². The van der Waals surface area contributed by atoms with E-state index in [1.54, 1.807) is 0 Å². The third kappa shape index (κ3) is 5.42. The first kappa shape index (κ1) is 22.2. The highest BCUT2D eigenvalue weighted by Crippen LogP contribution is 2.26. The lowest BCUT2D eigenvalue weighted by Gasteiger charge is -2.24. The van der Waals surface area contributed by atoms with E-state index in [2.05, 4.69) is 34.8 Å². The average molecular weight is 462 g/mol. The Labute approximate surface area is 194 Å². The molecule has 0 fully saturated rings. The monoisotopic (exact) mass is 461 g/mol. The molecule has 1 amide bonds. The molecule has 3 aromatic carbocycles. The molecule has 1 N–H and O–H groups in total. The summed E-state index contributed by atoms with van der Waals surface area (Å²) in [5, 5.41) is 0. The average Bonchev–Trinajstić information content (AvgIpc) is 3.17. The van der Waals surface area contributed by atoms with E-state index in [9.17, 15) is 9.59 Å². The number of hydrogen-bond acceptors (Lipinski definition) is 4. The van der Waals surface area contributed by atoms with Gasteiger partial charge in [-0.1, -0.05) is 53.8 Å². The third-order valence-electron chi connectivity index (χ3n) is 5.40. The Morgan fingerprint density at radius 3 is 2.53 bits per heavy atom. The van der Waals surface area contributed by atoms with Crippen LogP contribution in [0, 0.1) is 0 Å². The fourth-order valence-electron chi connectivity index (χ4n) is 3.79. The van der Waals surface area contributed by atoms with Crippen LogP contribution in [0.5, 0.6) is 0 Å². The second kappa shape index (κ2) is 10.1. The predicted octanol–water partition coefficient (Wildman–Crippen LogP) is 3.50. The van der Waals surface area contributed by atoms with Crippen molar-refractivity contribution in [2.24, 2.45) is 0 Å². The lowest BCUT2D eigenvalue weighted by molar-refractivity contribution is 0.0739. The molecule has 32 heavy (non-hydrogen) atoms. The van der Waals surface area contributed by atoms with Crippen molar-refractivity contribution in [1.82, 2.24) is 14.4 Å². The SMILES string of the molecule is CN([SiH3])CCCN(Cc1cccc(-c2ccc3[nH]c(=O)sc3c2)c1)C(=O)c1ccccc1. The Morgan fingerprint density at radius 1 is 0.969 bits per heavy atom.